The Morgan fingerprint density at radius 2 is 1.83 bits per heavy atom. The first kappa shape index (κ1) is 18.6. The van der Waals surface area contributed by atoms with Crippen LogP contribution in [0, 0.1) is 0 Å². The number of carbonyl (C=O) groups is 1. The van der Waals surface area contributed by atoms with Crippen LogP contribution in [0.4, 0.5) is 0 Å². The standard InChI is InChI=1S/C23H21N3O3/c1-29-19-10-9-18-12-21(25-20(18)13-19)23(28)24-14-16-5-7-17(8-6-16)15-26-11-3-2-4-22(26)27/h2-13,25H,14-15H2,1H3,(H,24,28). The second-order valence-corrected chi connectivity index (χ2v) is 6.80. The number of pyridine rings is 1. The molecule has 6 nitrogen and oxygen atoms in total. The molecule has 0 aliphatic rings. The number of amides is 1. The molecule has 0 aliphatic carbocycles. The van der Waals surface area contributed by atoms with Gasteiger partial charge in [0.05, 0.1) is 13.7 Å². The molecule has 29 heavy (non-hydrogen) atoms. The van der Waals surface area contributed by atoms with Gasteiger partial charge in [-0.25, -0.2) is 0 Å². The normalized spacial score (nSPS) is 10.8. The maximum Gasteiger partial charge on any atom is 0.267 e. The highest BCUT2D eigenvalue weighted by atomic mass is 16.5. The number of rotatable bonds is 6. The van der Waals surface area contributed by atoms with Crippen molar-refractivity contribution < 1.29 is 9.53 Å². The lowest BCUT2D eigenvalue weighted by Gasteiger charge is -2.07. The van der Waals surface area contributed by atoms with E-state index >= 15 is 0 Å². The van der Waals surface area contributed by atoms with Gasteiger partial charge in [0.15, 0.2) is 0 Å². The molecular formula is C23H21N3O3. The van der Waals surface area contributed by atoms with Crippen molar-refractivity contribution in [3.8, 4) is 5.75 Å². The highest BCUT2D eigenvalue weighted by molar-refractivity contribution is 5.98. The molecule has 0 atom stereocenters. The quantitative estimate of drug-likeness (QED) is 0.533. The van der Waals surface area contributed by atoms with E-state index < -0.39 is 0 Å². The molecule has 0 saturated carbocycles. The number of nitrogens with zero attached hydrogens (tertiary/aromatic N) is 1. The summed E-state index contributed by atoms with van der Waals surface area (Å²) in [5.41, 5.74) is 3.35. The SMILES string of the molecule is COc1ccc2cc(C(=O)NCc3ccc(Cn4ccccc4=O)cc3)[nH]c2c1. The summed E-state index contributed by atoms with van der Waals surface area (Å²) in [7, 11) is 1.61. The van der Waals surface area contributed by atoms with Crippen LogP contribution in [-0.4, -0.2) is 22.6 Å². The number of aromatic nitrogens is 2. The lowest BCUT2D eigenvalue weighted by Crippen LogP contribution is -2.23. The Hall–Kier alpha value is -3.80. The first-order valence-corrected chi connectivity index (χ1v) is 9.30. The van der Waals surface area contributed by atoms with Crippen LogP contribution in [0.3, 0.4) is 0 Å². The molecule has 146 valence electrons. The van der Waals surface area contributed by atoms with Crippen LogP contribution in [0.15, 0.2) is 77.7 Å². The van der Waals surface area contributed by atoms with Gasteiger partial charge in [0, 0.05) is 35.8 Å². The first-order valence-electron chi connectivity index (χ1n) is 9.30. The van der Waals surface area contributed by atoms with Crippen molar-refractivity contribution in [2.45, 2.75) is 13.1 Å². The summed E-state index contributed by atoms with van der Waals surface area (Å²) >= 11 is 0. The number of nitrogens with one attached hydrogen (secondary N) is 2. The highest BCUT2D eigenvalue weighted by Crippen LogP contribution is 2.21. The van der Waals surface area contributed by atoms with Gasteiger partial charge in [0.1, 0.15) is 11.4 Å². The number of carbonyl (C=O) groups excluding carboxylic acids is 1. The van der Waals surface area contributed by atoms with E-state index in [2.05, 4.69) is 10.3 Å². The Kier molecular flexibility index (Phi) is 5.16. The molecule has 0 bridgehead atoms. The van der Waals surface area contributed by atoms with Crippen molar-refractivity contribution in [3.05, 3.63) is 100 Å². The van der Waals surface area contributed by atoms with Gasteiger partial charge in [-0.3, -0.25) is 9.59 Å². The third-order valence-electron chi connectivity index (χ3n) is 4.80. The topological polar surface area (TPSA) is 76.1 Å². The summed E-state index contributed by atoms with van der Waals surface area (Å²) in [6, 6.07) is 20.4. The molecular weight excluding hydrogens is 366 g/mol. The molecule has 2 N–H and O–H groups in total. The average molecular weight is 387 g/mol. The summed E-state index contributed by atoms with van der Waals surface area (Å²) in [6.07, 6.45) is 1.77. The number of H-pyrrole nitrogens is 1. The van der Waals surface area contributed by atoms with E-state index in [-0.39, 0.29) is 11.5 Å². The van der Waals surface area contributed by atoms with E-state index in [9.17, 15) is 9.59 Å². The van der Waals surface area contributed by atoms with Crippen molar-refractivity contribution in [2.24, 2.45) is 0 Å². The summed E-state index contributed by atoms with van der Waals surface area (Å²) in [5.74, 6) is 0.573. The maximum atomic E-state index is 12.5. The molecule has 2 heterocycles. The largest absolute Gasteiger partial charge is 0.497 e. The Morgan fingerprint density at radius 1 is 1.03 bits per heavy atom. The predicted octanol–water partition coefficient (Wildman–Crippen LogP) is 3.32. The third kappa shape index (κ3) is 4.21. The molecule has 0 fully saturated rings. The van der Waals surface area contributed by atoms with Gasteiger partial charge in [-0.2, -0.15) is 0 Å². The van der Waals surface area contributed by atoms with Crippen molar-refractivity contribution in [1.29, 1.82) is 0 Å². The van der Waals surface area contributed by atoms with Gasteiger partial charge in [0.2, 0.25) is 0 Å². The van der Waals surface area contributed by atoms with Crippen molar-refractivity contribution >= 4 is 16.8 Å². The number of hydrogen-bond donors (Lipinski definition) is 2. The van der Waals surface area contributed by atoms with Crippen LogP contribution in [0.25, 0.3) is 10.9 Å². The summed E-state index contributed by atoms with van der Waals surface area (Å²) in [5, 5.41) is 3.88. The van der Waals surface area contributed by atoms with E-state index in [1.807, 2.05) is 54.6 Å². The Labute approximate surface area is 167 Å². The van der Waals surface area contributed by atoms with E-state index in [0.29, 0.717) is 18.8 Å². The Bertz CT molecular complexity index is 1210. The zero-order valence-corrected chi connectivity index (χ0v) is 16.0. The van der Waals surface area contributed by atoms with Gasteiger partial charge < -0.3 is 19.6 Å². The molecule has 2 aromatic heterocycles. The van der Waals surface area contributed by atoms with Crippen LogP contribution in [0.1, 0.15) is 21.6 Å². The zero-order valence-electron chi connectivity index (χ0n) is 16.0. The predicted molar refractivity (Wildman–Crippen MR) is 112 cm³/mol. The van der Waals surface area contributed by atoms with E-state index in [1.165, 1.54) is 0 Å². The van der Waals surface area contributed by atoms with Gasteiger partial charge in [0.25, 0.3) is 11.5 Å². The van der Waals surface area contributed by atoms with Crippen LogP contribution in [0.5, 0.6) is 5.75 Å². The lowest BCUT2D eigenvalue weighted by molar-refractivity contribution is 0.0946. The van der Waals surface area contributed by atoms with Crippen molar-refractivity contribution in [2.75, 3.05) is 7.11 Å². The molecule has 0 radical (unpaired) electrons. The second-order valence-electron chi connectivity index (χ2n) is 6.80. The molecule has 0 aliphatic heterocycles. The molecule has 4 aromatic rings. The van der Waals surface area contributed by atoms with Gasteiger partial charge in [-0.1, -0.05) is 30.3 Å². The van der Waals surface area contributed by atoms with Crippen LogP contribution in [0.2, 0.25) is 0 Å². The van der Waals surface area contributed by atoms with E-state index in [4.69, 9.17) is 4.74 Å². The summed E-state index contributed by atoms with van der Waals surface area (Å²) in [6.45, 7) is 0.938. The number of methoxy groups -OCH3 is 1. The lowest BCUT2D eigenvalue weighted by atomic mass is 10.1. The third-order valence-corrected chi connectivity index (χ3v) is 4.80. The number of hydrogen-bond acceptors (Lipinski definition) is 3. The van der Waals surface area contributed by atoms with E-state index in [1.54, 1.807) is 30.0 Å². The van der Waals surface area contributed by atoms with Gasteiger partial charge in [-0.05, 0) is 35.4 Å². The number of fused-ring (bicyclic) bond motifs is 1. The fraction of sp³-hybridized carbons (Fsp3) is 0.130. The van der Waals surface area contributed by atoms with Crippen molar-refractivity contribution in [3.63, 3.8) is 0 Å². The molecule has 0 saturated heterocycles. The van der Waals surface area contributed by atoms with Gasteiger partial charge >= 0.3 is 0 Å². The van der Waals surface area contributed by atoms with Gasteiger partial charge in [-0.15, -0.1) is 0 Å². The smallest absolute Gasteiger partial charge is 0.267 e. The first-order chi connectivity index (χ1) is 14.1. The number of benzene rings is 2. The molecule has 2 aromatic carbocycles. The minimum absolute atomic E-state index is 0.0280. The second kappa shape index (κ2) is 8.06. The zero-order chi connectivity index (χ0) is 20.2. The number of ether oxygens (including phenoxy) is 1. The van der Waals surface area contributed by atoms with E-state index in [0.717, 1.165) is 27.8 Å². The maximum absolute atomic E-state index is 12.5. The van der Waals surface area contributed by atoms with Crippen LogP contribution in [-0.2, 0) is 13.1 Å². The minimum atomic E-state index is -0.167. The molecule has 0 unspecified atom stereocenters. The summed E-state index contributed by atoms with van der Waals surface area (Å²) < 4.78 is 6.87. The molecule has 6 heteroatoms. The Morgan fingerprint density at radius 3 is 2.59 bits per heavy atom. The minimum Gasteiger partial charge on any atom is -0.497 e. The molecule has 0 spiro atoms. The number of aromatic amines is 1. The fourth-order valence-electron chi connectivity index (χ4n) is 3.18. The highest BCUT2D eigenvalue weighted by Gasteiger charge is 2.10. The summed E-state index contributed by atoms with van der Waals surface area (Å²) in [4.78, 5) is 27.4. The van der Waals surface area contributed by atoms with Crippen LogP contribution >= 0.6 is 0 Å². The Balaban J connectivity index is 1.39. The monoisotopic (exact) mass is 387 g/mol. The molecule has 4 rings (SSSR count). The van der Waals surface area contributed by atoms with Crippen molar-refractivity contribution in [1.82, 2.24) is 14.9 Å². The molecule has 1 amide bonds. The average Bonchev–Trinajstić information content (AvgIpc) is 3.18. The van der Waals surface area contributed by atoms with Crippen LogP contribution < -0.4 is 15.6 Å². The fourth-order valence-corrected chi connectivity index (χ4v) is 3.18.